The summed E-state index contributed by atoms with van der Waals surface area (Å²) in [6.07, 6.45) is 0. The summed E-state index contributed by atoms with van der Waals surface area (Å²) in [7, 11) is 0. The molecule has 0 radical (unpaired) electrons. The van der Waals surface area contributed by atoms with Gasteiger partial charge in [0.25, 0.3) is 0 Å². The minimum atomic E-state index is 0.522. The van der Waals surface area contributed by atoms with Gasteiger partial charge in [0.1, 0.15) is 0 Å². The third-order valence-corrected chi connectivity index (χ3v) is 3.33. The maximum Gasteiger partial charge on any atom is 0.240 e. The van der Waals surface area contributed by atoms with Gasteiger partial charge in [-0.25, -0.2) is 0 Å². The van der Waals surface area contributed by atoms with E-state index >= 15 is 0 Å². The minimum Gasteiger partial charge on any atom is -0.338 e. The van der Waals surface area contributed by atoms with Gasteiger partial charge in [-0.3, -0.25) is 4.90 Å². The van der Waals surface area contributed by atoms with E-state index in [9.17, 15) is 0 Å². The largest absolute Gasteiger partial charge is 0.338 e. The van der Waals surface area contributed by atoms with Gasteiger partial charge in [0.2, 0.25) is 5.89 Å². The van der Waals surface area contributed by atoms with Crippen LogP contribution >= 0.6 is 0 Å². The van der Waals surface area contributed by atoms with Crippen molar-refractivity contribution in [2.24, 2.45) is 5.92 Å². The van der Waals surface area contributed by atoms with Gasteiger partial charge >= 0.3 is 0 Å². The van der Waals surface area contributed by atoms with Crippen molar-refractivity contribution in [3.8, 4) is 0 Å². The summed E-state index contributed by atoms with van der Waals surface area (Å²) in [4.78, 5) is 6.73. The standard InChI is InChI=1S/C12H22N4O/c1-8(2)11-5-13-9(3)6-16(11)7-12-14-10(4)15-17-12/h8-9,11,13H,5-7H2,1-4H3. The molecule has 0 spiro atoms. The molecule has 1 N–H and O–H groups in total. The summed E-state index contributed by atoms with van der Waals surface area (Å²) in [5.41, 5.74) is 0. The average Bonchev–Trinajstić information content (AvgIpc) is 2.63. The number of aryl methyl sites for hydroxylation is 1. The van der Waals surface area contributed by atoms with Crippen molar-refractivity contribution < 1.29 is 4.52 Å². The predicted octanol–water partition coefficient (Wildman–Crippen LogP) is 1.20. The molecular formula is C12H22N4O. The number of hydrogen-bond acceptors (Lipinski definition) is 5. The molecule has 0 aliphatic carbocycles. The molecule has 0 amide bonds. The van der Waals surface area contributed by atoms with Crippen LogP contribution in [0.4, 0.5) is 0 Å². The lowest BCUT2D eigenvalue weighted by atomic mass is 9.99. The highest BCUT2D eigenvalue weighted by atomic mass is 16.5. The second-order valence-electron chi connectivity index (χ2n) is 5.29. The summed E-state index contributed by atoms with van der Waals surface area (Å²) in [6, 6.07) is 1.06. The fraction of sp³-hybridized carbons (Fsp3) is 0.833. The van der Waals surface area contributed by atoms with Crippen LogP contribution in [0, 0.1) is 12.8 Å². The van der Waals surface area contributed by atoms with E-state index in [1.54, 1.807) is 0 Å². The van der Waals surface area contributed by atoms with Crippen molar-refractivity contribution in [2.45, 2.75) is 46.3 Å². The molecule has 5 heteroatoms. The van der Waals surface area contributed by atoms with Crippen LogP contribution in [-0.4, -0.2) is 40.2 Å². The molecule has 1 aromatic heterocycles. The van der Waals surface area contributed by atoms with Gasteiger partial charge < -0.3 is 9.84 Å². The molecule has 1 fully saturated rings. The van der Waals surface area contributed by atoms with Crippen LogP contribution in [0.15, 0.2) is 4.52 Å². The van der Waals surface area contributed by atoms with Gasteiger partial charge in [-0.2, -0.15) is 4.98 Å². The minimum absolute atomic E-state index is 0.522. The molecule has 5 nitrogen and oxygen atoms in total. The Morgan fingerprint density at radius 2 is 2.29 bits per heavy atom. The van der Waals surface area contributed by atoms with E-state index in [0.717, 1.165) is 25.5 Å². The Bertz CT molecular complexity index is 363. The summed E-state index contributed by atoms with van der Waals surface area (Å²) >= 11 is 0. The lowest BCUT2D eigenvalue weighted by Gasteiger charge is -2.40. The number of rotatable bonds is 3. The quantitative estimate of drug-likeness (QED) is 0.857. The van der Waals surface area contributed by atoms with Gasteiger partial charge in [0.15, 0.2) is 5.82 Å². The Morgan fingerprint density at radius 3 is 2.88 bits per heavy atom. The molecule has 2 heterocycles. The second kappa shape index (κ2) is 5.14. The first kappa shape index (κ1) is 12.5. The summed E-state index contributed by atoms with van der Waals surface area (Å²) in [5.74, 6) is 2.06. The van der Waals surface area contributed by atoms with E-state index in [0.29, 0.717) is 23.8 Å². The monoisotopic (exact) mass is 238 g/mol. The molecule has 0 aromatic carbocycles. The van der Waals surface area contributed by atoms with Gasteiger partial charge in [-0.05, 0) is 19.8 Å². The topological polar surface area (TPSA) is 54.2 Å². The van der Waals surface area contributed by atoms with E-state index in [-0.39, 0.29) is 0 Å². The molecule has 2 rings (SSSR count). The first-order valence-corrected chi connectivity index (χ1v) is 6.33. The van der Waals surface area contributed by atoms with E-state index < -0.39 is 0 Å². The lowest BCUT2D eigenvalue weighted by Crippen LogP contribution is -2.56. The molecule has 0 bridgehead atoms. The highest BCUT2D eigenvalue weighted by Crippen LogP contribution is 2.17. The number of nitrogens with one attached hydrogen (secondary N) is 1. The smallest absolute Gasteiger partial charge is 0.240 e. The number of nitrogens with zero attached hydrogens (tertiary/aromatic N) is 3. The molecule has 1 aromatic rings. The summed E-state index contributed by atoms with van der Waals surface area (Å²) in [6.45, 7) is 11.4. The molecule has 0 saturated carbocycles. The van der Waals surface area contributed by atoms with Crippen molar-refractivity contribution in [2.75, 3.05) is 13.1 Å². The van der Waals surface area contributed by atoms with Crippen molar-refractivity contribution >= 4 is 0 Å². The molecule has 1 saturated heterocycles. The Morgan fingerprint density at radius 1 is 1.53 bits per heavy atom. The zero-order valence-electron chi connectivity index (χ0n) is 11.1. The van der Waals surface area contributed by atoms with Crippen LogP contribution in [-0.2, 0) is 6.54 Å². The maximum atomic E-state index is 5.21. The normalized spacial score (nSPS) is 26.6. The van der Waals surface area contributed by atoms with Crippen LogP contribution in [0.2, 0.25) is 0 Å². The van der Waals surface area contributed by atoms with Crippen molar-refractivity contribution in [3.63, 3.8) is 0 Å². The number of hydrogen-bond donors (Lipinski definition) is 1. The van der Waals surface area contributed by atoms with Crippen LogP contribution in [0.5, 0.6) is 0 Å². The summed E-state index contributed by atoms with van der Waals surface area (Å²) in [5, 5.41) is 7.37. The van der Waals surface area contributed by atoms with Crippen LogP contribution in [0.25, 0.3) is 0 Å². The number of piperazine rings is 1. The summed E-state index contributed by atoms with van der Waals surface area (Å²) < 4.78 is 5.21. The Labute approximate surface area is 103 Å². The molecular weight excluding hydrogens is 216 g/mol. The van der Waals surface area contributed by atoms with E-state index in [1.807, 2.05) is 6.92 Å². The Kier molecular flexibility index (Phi) is 3.79. The first-order valence-electron chi connectivity index (χ1n) is 6.33. The van der Waals surface area contributed by atoms with Crippen molar-refractivity contribution in [3.05, 3.63) is 11.7 Å². The lowest BCUT2D eigenvalue weighted by molar-refractivity contribution is 0.0841. The molecule has 2 unspecified atom stereocenters. The molecule has 17 heavy (non-hydrogen) atoms. The number of aromatic nitrogens is 2. The van der Waals surface area contributed by atoms with E-state index in [4.69, 9.17) is 4.52 Å². The van der Waals surface area contributed by atoms with E-state index in [1.165, 1.54) is 0 Å². The molecule has 96 valence electrons. The van der Waals surface area contributed by atoms with Gasteiger partial charge in [-0.15, -0.1) is 0 Å². The molecule has 1 aliphatic rings. The van der Waals surface area contributed by atoms with Crippen LogP contribution < -0.4 is 5.32 Å². The zero-order valence-corrected chi connectivity index (χ0v) is 11.1. The van der Waals surface area contributed by atoms with Gasteiger partial charge in [0, 0.05) is 25.2 Å². The molecule has 1 aliphatic heterocycles. The fourth-order valence-electron chi connectivity index (χ4n) is 2.42. The molecule has 2 atom stereocenters. The maximum absolute atomic E-state index is 5.21. The van der Waals surface area contributed by atoms with Gasteiger partial charge in [-0.1, -0.05) is 19.0 Å². The second-order valence-corrected chi connectivity index (χ2v) is 5.29. The SMILES string of the molecule is Cc1noc(CN2CC(C)NCC2C(C)C)n1. The van der Waals surface area contributed by atoms with Crippen molar-refractivity contribution in [1.82, 2.24) is 20.4 Å². The van der Waals surface area contributed by atoms with E-state index in [2.05, 4.69) is 41.1 Å². The third kappa shape index (κ3) is 3.04. The fourth-order valence-corrected chi connectivity index (χ4v) is 2.42. The Hall–Kier alpha value is -0.940. The van der Waals surface area contributed by atoms with Crippen LogP contribution in [0.1, 0.15) is 32.5 Å². The highest BCUT2D eigenvalue weighted by Gasteiger charge is 2.29. The predicted molar refractivity (Wildman–Crippen MR) is 65.5 cm³/mol. The Balaban J connectivity index is 2.04. The van der Waals surface area contributed by atoms with Gasteiger partial charge in [0.05, 0.1) is 6.54 Å². The zero-order chi connectivity index (χ0) is 12.4. The van der Waals surface area contributed by atoms with Crippen molar-refractivity contribution in [1.29, 1.82) is 0 Å². The first-order chi connectivity index (χ1) is 8.06. The third-order valence-electron chi connectivity index (χ3n) is 3.33. The highest BCUT2D eigenvalue weighted by molar-refractivity contribution is 4.90. The van der Waals surface area contributed by atoms with Crippen LogP contribution in [0.3, 0.4) is 0 Å². The average molecular weight is 238 g/mol.